The number of carbonyl (C=O) groups excluding carboxylic acids is 1. The number of hydrogen-bond donors (Lipinski definition) is 0. The van der Waals surface area contributed by atoms with Gasteiger partial charge in [0, 0.05) is 19.3 Å². The third-order valence-corrected chi connectivity index (χ3v) is 3.57. The van der Waals surface area contributed by atoms with Crippen molar-refractivity contribution in [2.45, 2.75) is 90.6 Å². The topological polar surface area (TPSA) is 26.3 Å². The second-order valence-corrected chi connectivity index (χ2v) is 5.72. The van der Waals surface area contributed by atoms with Crippen LogP contribution in [0.1, 0.15) is 84.5 Å². The molecule has 1 atom stereocenters. The number of allylic oxidation sites excluding steroid dienone is 2. The van der Waals surface area contributed by atoms with Crippen molar-refractivity contribution in [3.05, 3.63) is 12.2 Å². The van der Waals surface area contributed by atoms with Crippen molar-refractivity contribution in [2.75, 3.05) is 0 Å². The molecule has 0 fully saturated rings. The van der Waals surface area contributed by atoms with E-state index in [0.717, 1.165) is 38.5 Å². The third-order valence-electron chi connectivity index (χ3n) is 3.57. The fourth-order valence-corrected chi connectivity index (χ4v) is 2.32. The first-order chi connectivity index (χ1) is 11.2. The van der Waals surface area contributed by atoms with Gasteiger partial charge in [-0.05, 0) is 32.6 Å². The minimum absolute atomic E-state index is 0.0957. The van der Waals surface area contributed by atoms with E-state index in [1.807, 2.05) is 6.92 Å². The lowest BCUT2D eigenvalue weighted by Crippen LogP contribution is -2.17. The highest BCUT2D eigenvalue weighted by Crippen LogP contribution is 2.11. The Bertz CT molecular complexity index is 417. The van der Waals surface area contributed by atoms with Crippen molar-refractivity contribution >= 4 is 5.97 Å². The van der Waals surface area contributed by atoms with Crippen molar-refractivity contribution in [3.8, 4) is 24.2 Å². The summed E-state index contributed by atoms with van der Waals surface area (Å²) >= 11 is 0. The van der Waals surface area contributed by atoms with Crippen LogP contribution in [0.25, 0.3) is 0 Å². The van der Waals surface area contributed by atoms with Crippen LogP contribution in [0.5, 0.6) is 0 Å². The molecule has 2 heteroatoms. The molecule has 0 unspecified atom stereocenters. The lowest BCUT2D eigenvalue weighted by molar-refractivity contribution is -0.149. The third kappa shape index (κ3) is 15.0. The first kappa shape index (κ1) is 21.3. The molecule has 0 bridgehead atoms. The largest absolute Gasteiger partial charge is 0.461 e. The quantitative estimate of drug-likeness (QED) is 0.196. The van der Waals surface area contributed by atoms with Crippen molar-refractivity contribution in [1.29, 1.82) is 0 Å². The summed E-state index contributed by atoms with van der Waals surface area (Å²) in [6, 6.07) is 0. The van der Waals surface area contributed by atoms with Crippen LogP contribution in [0.3, 0.4) is 0 Å². The molecule has 0 heterocycles. The van der Waals surface area contributed by atoms with Gasteiger partial charge in [0.25, 0.3) is 0 Å². The number of unbranched alkanes of at least 4 members (excludes halogenated alkanes) is 5. The fraction of sp³-hybridized carbons (Fsp3) is 0.667. The van der Waals surface area contributed by atoms with Gasteiger partial charge in [-0.3, -0.25) is 4.79 Å². The minimum atomic E-state index is -0.0985. The average molecular weight is 316 g/mol. The number of terminal acetylenes is 1. The second kappa shape index (κ2) is 16.7. The van der Waals surface area contributed by atoms with Gasteiger partial charge in [0.15, 0.2) is 0 Å². The highest BCUT2D eigenvalue weighted by Gasteiger charge is 2.12. The molecular weight excluding hydrogens is 284 g/mol. The van der Waals surface area contributed by atoms with E-state index >= 15 is 0 Å². The minimum Gasteiger partial charge on any atom is -0.461 e. The summed E-state index contributed by atoms with van der Waals surface area (Å²) < 4.78 is 5.42. The highest BCUT2D eigenvalue weighted by atomic mass is 16.5. The Balaban J connectivity index is 3.52. The molecule has 2 nitrogen and oxygen atoms in total. The Kier molecular flexibility index (Phi) is 15.5. The van der Waals surface area contributed by atoms with Crippen LogP contribution in [0.15, 0.2) is 12.2 Å². The van der Waals surface area contributed by atoms with Crippen molar-refractivity contribution in [2.24, 2.45) is 0 Å². The molecule has 0 aromatic rings. The Morgan fingerprint density at radius 1 is 1.17 bits per heavy atom. The molecule has 0 spiro atoms. The summed E-state index contributed by atoms with van der Waals surface area (Å²) in [7, 11) is 0. The molecular formula is C21H32O2. The molecule has 0 aliphatic rings. The molecule has 0 radical (unpaired) electrons. The summed E-state index contributed by atoms with van der Waals surface area (Å²) in [6.45, 7) is 3.94. The second-order valence-electron chi connectivity index (χ2n) is 5.72. The maximum absolute atomic E-state index is 11.8. The van der Waals surface area contributed by atoms with E-state index in [-0.39, 0.29) is 12.1 Å². The number of esters is 1. The number of carbonyl (C=O) groups is 1. The van der Waals surface area contributed by atoms with Gasteiger partial charge < -0.3 is 4.74 Å². The molecule has 0 aromatic carbocycles. The Labute approximate surface area is 143 Å². The number of rotatable bonds is 13. The van der Waals surface area contributed by atoms with Crippen molar-refractivity contribution in [1.82, 2.24) is 0 Å². The van der Waals surface area contributed by atoms with E-state index < -0.39 is 0 Å². The van der Waals surface area contributed by atoms with Gasteiger partial charge >= 0.3 is 5.97 Å². The van der Waals surface area contributed by atoms with E-state index in [0.29, 0.717) is 12.8 Å². The van der Waals surface area contributed by atoms with Crippen molar-refractivity contribution < 1.29 is 9.53 Å². The van der Waals surface area contributed by atoms with Gasteiger partial charge in [0.2, 0.25) is 0 Å². The predicted molar refractivity (Wildman–Crippen MR) is 97.8 cm³/mol. The summed E-state index contributed by atoms with van der Waals surface area (Å²) in [6.07, 6.45) is 20.0. The lowest BCUT2D eigenvalue weighted by atomic mass is 10.1. The van der Waals surface area contributed by atoms with Gasteiger partial charge in [0.05, 0.1) is 0 Å². The zero-order chi connectivity index (χ0) is 17.2. The van der Waals surface area contributed by atoms with Crippen LogP contribution in [-0.4, -0.2) is 12.1 Å². The van der Waals surface area contributed by atoms with Gasteiger partial charge in [-0.25, -0.2) is 0 Å². The standard InChI is InChI=1S/C21H32O2/c1-4-7-8-9-10-11-12-13-14-15-16-19-21(22)23-20(17-5-2)18-6-3/h2,9-10,20H,6,8,11-19H2,1,3H3/b10-9-/t20-/m0/s1. The summed E-state index contributed by atoms with van der Waals surface area (Å²) in [5, 5.41) is 0. The fourth-order valence-electron chi connectivity index (χ4n) is 2.32. The van der Waals surface area contributed by atoms with E-state index in [4.69, 9.17) is 11.2 Å². The Morgan fingerprint density at radius 2 is 1.91 bits per heavy atom. The molecule has 0 aliphatic heterocycles. The Morgan fingerprint density at radius 3 is 2.61 bits per heavy atom. The molecule has 0 rings (SSSR count). The van der Waals surface area contributed by atoms with E-state index in [2.05, 4.69) is 36.8 Å². The monoisotopic (exact) mass is 316 g/mol. The Hall–Kier alpha value is -1.67. The van der Waals surface area contributed by atoms with Crippen LogP contribution in [0, 0.1) is 24.2 Å². The average Bonchev–Trinajstić information content (AvgIpc) is 2.53. The predicted octanol–water partition coefficient (Wildman–Crippen LogP) is 5.42. The molecule has 0 saturated carbocycles. The zero-order valence-electron chi connectivity index (χ0n) is 14.9. The maximum Gasteiger partial charge on any atom is 0.306 e. The molecule has 23 heavy (non-hydrogen) atoms. The summed E-state index contributed by atoms with van der Waals surface area (Å²) in [4.78, 5) is 11.8. The van der Waals surface area contributed by atoms with Crippen LogP contribution in [-0.2, 0) is 9.53 Å². The van der Waals surface area contributed by atoms with Crippen LogP contribution < -0.4 is 0 Å². The van der Waals surface area contributed by atoms with Gasteiger partial charge in [-0.15, -0.1) is 18.3 Å². The molecule has 0 amide bonds. The SMILES string of the molecule is C#CC[C@@H](CCC)OC(=O)CCCCCCC/C=C\CC#CC. The van der Waals surface area contributed by atoms with Gasteiger partial charge in [-0.2, -0.15) is 0 Å². The van der Waals surface area contributed by atoms with E-state index in [9.17, 15) is 4.79 Å². The molecule has 0 aliphatic carbocycles. The van der Waals surface area contributed by atoms with E-state index in [1.165, 1.54) is 19.3 Å². The first-order valence-corrected chi connectivity index (χ1v) is 8.92. The van der Waals surface area contributed by atoms with E-state index in [1.54, 1.807) is 0 Å². The van der Waals surface area contributed by atoms with Crippen LogP contribution >= 0.6 is 0 Å². The van der Waals surface area contributed by atoms with Crippen LogP contribution in [0.4, 0.5) is 0 Å². The summed E-state index contributed by atoms with van der Waals surface area (Å²) in [5.41, 5.74) is 0. The number of ether oxygens (including phenoxy) is 1. The number of hydrogen-bond acceptors (Lipinski definition) is 2. The van der Waals surface area contributed by atoms with Gasteiger partial charge in [0.1, 0.15) is 6.10 Å². The zero-order valence-corrected chi connectivity index (χ0v) is 14.9. The smallest absolute Gasteiger partial charge is 0.306 e. The normalized spacial score (nSPS) is 11.5. The first-order valence-electron chi connectivity index (χ1n) is 8.92. The summed E-state index contributed by atoms with van der Waals surface area (Å²) in [5.74, 6) is 8.38. The molecule has 0 aromatic heterocycles. The molecule has 0 N–H and O–H groups in total. The molecule has 0 saturated heterocycles. The maximum atomic E-state index is 11.8. The highest BCUT2D eigenvalue weighted by molar-refractivity contribution is 5.69. The lowest BCUT2D eigenvalue weighted by Gasteiger charge is -2.14. The van der Waals surface area contributed by atoms with Crippen LogP contribution in [0.2, 0.25) is 0 Å². The molecule has 128 valence electrons. The van der Waals surface area contributed by atoms with Gasteiger partial charge in [-0.1, -0.05) is 50.7 Å². The van der Waals surface area contributed by atoms with Crippen molar-refractivity contribution in [3.63, 3.8) is 0 Å².